The van der Waals surface area contributed by atoms with Crippen molar-refractivity contribution in [2.75, 3.05) is 6.54 Å². The lowest BCUT2D eigenvalue weighted by Gasteiger charge is -2.26. The lowest BCUT2D eigenvalue weighted by molar-refractivity contribution is -0.132. The van der Waals surface area contributed by atoms with Crippen LogP contribution in [0.15, 0.2) is 61.2 Å². The Morgan fingerprint density at radius 1 is 1.10 bits per heavy atom. The standard InChI is InChI=1S/C24H27FN4O2/c1-24(2,3)23-27-12-18(13-28-23)11-22(31)29(15-17-6-4-8-20(25)10-17)16-21(30)19-7-5-9-26-14-19/h4-10,12-14,21,30H,11,15-16H2,1-3H3. The molecule has 0 fully saturated rings. The molecule has 0 aliphatic heterocycles. The summed E-state index contributed by atoms with van der Waals surface area (Å²) in [7, 11) is 0. The Kier molecular flexibility index (Phi) is 7.07. The highest BCUT2D eigenvalue weighted by atomic mass is 19.1. The van der Waals surface area contributed by atoms with Gasteiger partial charge in [0.2, 0.25) is 5.91 Å². The predicted molar refractivity (Wildman–Crippen MR) is 115 cm³/mol. The van der Waals surface area contributed by atoms with Crippen LogP contribution in [0.25, 0.3) is 0 Å². The lowest BCUT2D eigenvalue weighted by Crippen LogP contribution is -2.35. The van der Waals surface area contributed by atoms with E-state index in [2.05, 4.69) is 15.0 Å². The van der Waals surface area contributed by atoms with Gasteiger partial charge in [-0.15, -0.1) is 0 Å². The molecule has 0 saturated heterocycles. The second-order valence-corrected chi connectivity index (χ2v) is 8.55. The van der Waals surface area contributed by atoms with E-state index in [-0.39, 0.29) is 36.6 Å². The van der Waals surface area contributed by atoms with E-state index in [0.29, 0.717) is 22.5 Å². The number of halogens is 1. The van der Waals surface area contributed by atoms with Crippen molar-refractivity contribution in [2.45, 2.75) is 45.3 Å². The minimum atomic E-state index is -0.911. The molecule has 0 bridgehead atoms. The van der Waals surface area contributed by atoms with Gasteiger partial charge in [0.15, 0.2) is 0 Å². The number of aromatic nitrogens is 3. The predicted octanol–water partition coefficient (Wildman–Crippen LogP) is 3.61. The number of aliphatic hydroxyl groups excluding tert-OH is 1. The van der Waals surface area contributed by atoms with Crippen molar-refractivity contribution in [3.8, 4) is 0 Å². The maximum Gasteiger partial charge on any atom is 0.227 e. The molecule has 3 rings (SSSR count). The fourth-order valence-electron chi connectivity index (χ4n) is 3.12. The van der Waals surface area contributed by atoms with Crippen molar-refractivity contribution in [3.05, 3.63) is 89.5 Å². The van der Waals surface area contributed by atoms with Gasteiger partial charge in [-0.05, 0) is 29.3 Å². The number of benzene rings is 1. The van der Waals surface area contributed by atoms with Gasteiger partial charge in [0.1, 0.15) is 11.6 Å². The molecule has 0 spiro atoms. The van der Waals surface area contributed by atoms with Crippen LogP contribution in [-0.2, 0) is 23.2 Å². The first-order valence-corrected chi connectivity index (χ1v) is 10.1. The molecule has 1 atom stereocenters. The number of amides is 1. The van der Waals surface area contributed by atoms with Crippen molar-refractivity contribution >= 4 is 5.91 Å². The van der Waals surface area contributed by atoms with Gasteiger partial charge in [0, 0.05) is 42.3 Å². The van der Waals surface area contributed by atoms with E-state index in [4.69, 9.17) is 0 Å². The van der Waals surface area contributed by atoms with E-state index in [1.54, 1.807) is 49.1 Å². The zero-order chi connectivity index (χ0) is 22.4. The highest BCUT2D eigenvalue weighted by Gasteiger charge is 2.21. The summed E-state index contributed by atoms with van der Waals surface area (Å²) in [4.78, 5) is 27.4. The van der Waals surface area contributed by atoms with Gasteiger partial charge in [-0.2, -0.15) is 0 Å². The van der Waals surface area contributed by atoms with Gasteiger partial charge in [0.25, 0.3) is 0 Å². The van der Waals surface area contributed by atoms with Crippen LogP contribution >= 0.6 is 0 Å². The molecular formula is C24H27FN4O2. The SMILES string of the molecule is CC(C)(C)c1ncc(CC(=O)N(Cc2cccc(F)c2)CC(O)c2cccnc2)cn1. The number of carbonyl (C=O) groups is 1. The van der Waals surface area contributed by atoms with Gasteiger partial charge >= 0.3 is 0 Å². The van der Waals surface area contributed by atoms with Crippen LogP contribution in [0, 0.1) is 5.82 Å². The summed E-state index contributed by atoms with van der Waals surface area (Å²) in [5, 5.41) is 10.6. The first-order chi connectivity index (χ1) is 14.7. The summed E-state index contributed by atoms with van der Waals surface area (Å²) in [5.74, 6) is 0.121. The van der Waals surface area contributed by atoms with Crippen LogP contribution in [0.3, 0.4) is 0 Å². The van der Waals surface area contributed by atoms with Crippen LogP contribution in [0.4, 0.5) is 4.39 Å². The Labute approximate surface area is 181 Å². The first kappa shape index (κ1) is 22.5. The Hall–Kier alpha value is -3.19. The summed E-state index contributed by atoms with van der Waals surface area (Å²) in [6, 6.07) is 9.57. The van der Waals surface area contributed by atoms with Crippen LogP contribution in [0.5, 0.6) is 0 Å². The third-order valence-corrected chi connectivity index (χ3v) is 4.81. The van der Waals surface area contributed by atoms with Gasteiger partial charge < -0.3 is 10.0 Å². The average Bonchev–Trinajstić information content (AvgIpc) is 2.73. The minimum absolute atomic E-state index is 0.0575. The highest BCUT2D eigenvalue weighted by Crippen LogP contribution is 2.19. The quantitative estimate of drug-likeness (QED) is 0.629. The Morgan fingerprint density at radius 2 is 1.84 bits per heavy atom. The van der Waals surface area contributed by atoms with Gasteiger partial charge in [-0.25, -0.2) is 14.4 Å². The summed E-state index contributed by atoms with van der Waals surface area (Å²) in [6.07, 6.45) is 5.67. The third-order valence-electron chi connectivity index (χ3n) is 4.81. The van der Waals surface area contributed by atoms with Gasteiger partial charge in [-0.1, -0.05) is 39.0 Å². The Bertz CT molecular complexity index is 1000. The van der Waals surface area contributed by atoms with Gasteiger partial charge in [0.05, 0.1) is 19.1 Å². The molecule has 7 heteroatoms. The van der Waals surface area contributed by atoms with E-state index < -0.39 is 6.10 Å². The molecule has 6 nitrogen and oxygen atoms in total. The van der Waals surface area contributed by atoms with E-state index in [1.807, 2.05) is 20.8 Å². The minimum Gasteiger partial charge on any atom is -0.386 e. The molecule has 0 aliphatic carbocycles. The zero-order valence-corrected chi connectivity index (χ0v) is 18.0. The summed E-state index contributed by atoms with van der Waals surface area (Å²) in [5.41, 5.74) is 1.75. The first-order valence-electron chi connectivity index (χ1n) is 10.1. The number of hydrogen-bond donors (Lipinski definition) is 1. The van der Waals surface area contributed by atoms with Crippen molar-refractivity contribution < 1.29 is 14.3 Å². The molecular weight excluding hydrogens is 395 g/mol. The normalized spacial score (nSPS) is 12.4. The second-order valence-electron chi connectivity index (χ2n) is 8.55. The number of carbonyl (C=O) groups excluding carboxylic acids is 1. The van der Waals surface area contributed by atoms with Crippen molar-refractivity contribution in [3.63, 3.8) is 0 Å². The molecule has 2 aromatic heterocycles. The lowest BCUT2D eigenvalue weighted by atomic mass is 9.96. The van der Waals surface area contributed by atoms with Gasteiger partial charge in [-0.3, -0.25) is 9.78 Å². The fraction of sp³-hybridized carbons (Fsp3) is 0.333. The number of nitrogens with zero attached hydrogens (tertiary/aromatic N) is 4. The maximum absolute atomic E-state index is 13.6. The molecule has 1 aromatic carbocycles. The van der Waals surface area contributed by atoms with E-state index in [0.717, 1.165) is 0 Å². The zero-order valence-electron chi connectivity index (χ0n) is 18.0. The highest BCUT2D eigenvalue weighted by molar-refractivity contribution is 5.78. The summed E-state index contributed by atoms with van der Waals surface area (Å²) < 4.78 is 13.6. The topological polar surface area (TPSA) is 79.2 Å². The number of pyridine rings is 1. The second kappa shape index (κ2) is 9.75. The number of rotatable bonds is 7. The molecule has 0 saturated carbocycles. The van der Waals surface area contributed by atoms with Crippen molar-refractivity contribution in [1.29, 1.82) is 0 Å². The van der Waals surface area contributed by atoms with Crippen LogP contribution in [0.2, 0.25) is 0 Å². The van der Waals surface area contributed by atoms with E-state index in [1.165, 1.54) is 17.0 Å². The molecule has 2 heterocycles. The number of aliphatic hydroxyl groups is 1. The van der Waals surface area contributed by atoms with Crippen molar-refractivity contribution in [2.24, 2.45) is 0 Å². The molecule has 0 aliphatic rings. The maximum atomic E-state index is 13.6. The summed E-state index contributed by atoms with van der Waals surface area (Å²) >= 11 is 0. The monoisotopic (exact) mass is 422 g/mol. The van der Waals surface area contributed by atoms with Crippen LogP contribution in [0.1, 0.15) is 49.4 Å². The molecule has 31 heavy (non-hydrogen) atoms. The Morgan fingerprint density at radius 3 is 2.45 bits per heavy atom. The molecule has 162 valence electrons. The molecule has 1 unspecified atom stereocenters. The number of hydrogen-bond acceptors (Lipinski definition) is 5. The molecule has 1 amide bonds. The average molecular weight is 423 g/mol. The smallest absolute Gasteiger partial charge is 0.227 e. The summed E-state index contributed by atoms with van der Waals surface area (Å²) in [6.45, 7) is 6.30. The van der Waals surface area contributed by atoms with Crippen LogP contribution in [-0.4, -0.2) is 37.4 Å². The molecule has 1 N–H and O–H groups in total. The van der Waals surface area contributed by atoms with E-state index in [9.17, 15) is 14.3 Å². The molecule has 3 aromatic rings. The Balaban J connectivity index is 1.78. The van der Waals surface area contributed by atoms with E-state index >= 15 is 0 Å². The molecule has 0 radical (unpaired) electrons. The largest absolute Gasteiger partial charge is 0.386 e. The van der Waals surface area contributed by atoms with Crippen molar-refractivity contribution in [1.82, 2.24) is 19.9 Å². The fourth-order valence-corrected chi connectivity index (χ4v) is 3.12. The van der Waals surface area contributed by atoms with Crippen LogP contribution < -0.4 is 0 Å². The third kappa shape index (κ3) is 6.39.